The molecule has 1 aliphatic carbocycles. The molecule has 0 aliphatic heterocycles. The first kappa shape index (κ1) is 16.6. The second kappa shape index (κ2) is 5.96. The number of esters is 1. The summed E-state index contributed by atoms with van der Waals surface area (Å²) < 4.78 is 18.8. The molecule has 0 spiro atoms. The molecule has 122 valence electrons. The molecule has 0 unspecified atom stereocenters. The minimum atomic E-state index is -0.808. The van der Waals surface area contributed by atoms with Crippen LogP contribution in [0.15, 0.2) is 24.3 Å². The molecule has 1 aromatic heterocycles. The van der Waals surface area contributed by atoms with Crippen LogP contribution in [0.25, 0.3) is 5.69 Å². The lowest BCUT2D eigenvalue weighted by Gasteiger charge is -2.05. The minimum Gasteiger partial charge on any atom is -0.462 e. The van der Waals surface area contributed by atoms with E-state index in [4.69, 9.17) is 39.5 Å². The van der Waals surface area contributed by atoms with Crippen molar-refractivity contribution in [3.8, 4) is 5.69 Å². The van der Waals surface area contributed by atoms with Gasteiger partial charge in [0.1, 0.15) is 20.9 Å². The van der Waals surface area contributed by atoms with E-state index >= 15 is 0 Å². The summed E-state index contributed by atoms with van der Waals surface area (Å²) in [6, 6.07) is 5.60. The lowest BCUT2D eigenvalue weighted by atomic mass is 10.2. The van der Waals surface area contributed by atoms with E-state index in [0.29, 0.717) is 17.8 Å². The van der Waals surface area contributed by atoms with Crippen molar-refractivity contribution < 1.29 is 13.9 Å². The number of aryl methyl sites for hydroxylation is 1. The third-order valence-electron chi connectivity index (χ3n) is 3.65. The number of aromatic nitrogens is 2. The largest absolute Gasteiger partial charge is 0.462 e. The Labute approximate surface area is 147 Å². The highest BCUT2D eigenvalue weighted by Gasteiger charge is 2.52. The molecule has 23 heavy (non-hydrogen) atoms. The molecule has 1 saturated carbocycles. The van der Waals surface area contributed by atoms with Crippen molar-refractivity contribution in [2.24, 2.45) is 5.92 Å². The Bertz CT molecular complexity index is 759. The van der Waals surface area contributed by atoms with Gasteiger partial charge in [0.25, 0.3) is 0 Å². The molecule has 0 N–H and O–H groups in total. The maximum Gasteiger partial charge on any atom is 0.343 e. The number of hydrogen-bond donors (Lipinski definition) is 0. The van der Waals surface area contributed by atoms with Crippen LogP contribution in [0.1, 0.15) is 22.5 Å². The maximum absolute atomic E-state index is 13.0. The summed E-state index contributed by atoms with van der Waals surface area (Å²) in [5.41, 5.74) is 1.13. The van der Waals surface area contributed by atoms with Crippen molar-refractivity contribution >= 4 is 40.8 Å². The second-order valence-corrected chi connectivity index (χ2v) is 7.30. The number of rotatable bonds is 4. The molecule has 1 aliphatic rings. The lowest BCUT2D eigenvalue weighted by Crippen LogP contribution is -2.10. The fourth-order valence-corrected chi connectivity index (χ4v) is 3.03. The predicted molar refractivity (Wildman–Crippen MR) is 86.1 cm³/mol. The molecule has 1 atom stereocenters. The Morgan fingerprint density at radius 1 is 1.43 bits per heavy atom. The van der Waals surface area contributed by atoms with E-state index in [1.54, 1.807) is 6.92 Å². The molecule has 1 heterocycles. The first-order valence-electron chi connectivity index (χ1n) is 6.85. The highest BCUT2D eigenvalue weighted by atomic mass is 35.5. The van der Waals surface area contributed by atoms with Crippen LogP contribution in [0, 0.1) is 18.7 Å². The van der Waals surface area contributed by atoms with Crippen molar-refractivity contribution in [1.82, 2.24) is 9.78 Å². The summed E-state index contributed by atoms with van der Waals surface area (Å²) in [4.78, 5) is 12.2. The zero-order valence-corrected chi connectivity index (χ0v) is 14.3. The average molecular weight is 378 g/mol. The van der Waals surface area contributed by atoms with Crippen molar-refractivity contribution in [3.05, 3.63) is 46.5 Å². The van der Waals surface area contributed by atoms with Crippen molar-refractivity contribution in [2.75, 3.05) is 6.61 Å². The van der Waals surface area contributed by atoms with Gasteiger partial charge in [0.2, 0.25) is 0 Å². The molecular weight excluding hydrogens is 366 g/mol. The van der Waals surface area contributed by atoms with Gasteiger partial charge in [-0.2, -0.15) is 5.10 Å². The normalized spacial score (nSPS) is 18.7. The Balaban J connectivity index is 1.80. The zero-order chi connectivity index (χ0) is 16.8. The van der Waals surface area contributed by atoms with E-state index in [1.807, 2.05) is 0 Å². The van der Waals surface area contributed by atoms with Gasteiger partial charge < -0.3 is 4.74 Å². The van der Waals surface area contributed by atoms with E-state index in [-0.39, 0.29) is 29.1 Å². The molecular formula is C15H12Cl3FN2O2. The molecule has 0 saturated heterocycles. The standard InChI is InChI=1S/C15H12Cl3FN2O2/c1-8-12(14(22)23-7-9-6-15(9,17)18)13(16)21(20-8)11-4-2-10(19)3-5-11/h2-5,9H,6-7H2,1H3/t9-/m1/s1. The van der Waals surface area contributed by atoms with E-state index in [2.05, 4.69) is 5.10 Å². The number of carbonyl (C=O) groups is 1. The van der Waals surface area contributed by atoms with Crippen LogP contribution in [-0.4, -0.2) is 26.7 Å². The molecule has 1 fully saturated rings. The lowest BCUT2D eigenvalue weighted by molar-refractivity contribution is 0.0484. The van der Waals surface area contributed by atoms with Gasteiger partial charge in [-0.1, -0.05) is 11.6 Å². The summed E-state index contributed by atoms with van der Waals surface area (Å²) in [6.07, 6.45) is 0.588. The van der Waals surface area contributed by atoms with Crippen molar-refractivity contribution in [3.63, 3.8) is 0 Å². The number of ether oxygens (including phenoxy) is 1. The highest BCUT2D eigenvalue weighted by Crippen LogP contribution is 2.53. The Hall–Kier alpha value is -1.30. The average Bonchev–Trinajstić information content (AvgIpc) is 2.99. The number of hydrogen-bond acceptors (Lipinski definition) is 3. The van der Waals surface area contributed by atoms with Gasteiger partial charge in [0.15, 0.2) is 0 Å². The number of halogens is 4. The Morgan fingerprint density at radius 3 is 2.61 bits per heavy atom. The first-order chi connectivity index (χ1) is 10.8. The van der Waals surface area contributed by atoms with E-state index in [1.165, 1.54) is 28.9 Å². The van der Waals surface area contributed by atoms with Crippen LogP contribution in [0.4, 0.5) is 4.39 Å². The zero-order valence-electron chi connectivity index (χ0n) is 12.0. The van der Waals surface area contributed by atoms with Crippen molar-refractivity contribution in [2.45, 2.75) is 17.7 Å². The molecule has 0 bridgehead atoms. The van der Waals surface area contributed by atoms with Gasteiger partial charge in [-0.05, 0) is 37.6 Å². The first-order valence-corrected chi connectivity index (χ1v) is 7.99. The van der Waals surface area contributed by atoms with Crippen LogP contribution in [0.2, 0.25) is 5.15 Å². The van der Waals surface area contributed by atoms with E-state index < -0.39 is 10.3 Å². The number of nitrogens with zero attached hydrogens (tertiary/aromatic N) is 2. The van der Waals surface area contributed by atoms with Crippen LogP contribution in [-0.2, 0) is 4.74 Å². The van der Waals surface area contributed by atoms with Gasteiger partial charge in [-0.15, -0.1) is 23.2 Å². The number of carbonyl (C=O) groups excluding carboxylic acids is 1. The molecule has 0 amide bonds. The van der Waals surface area contributed by atoms with E-state index in [9.17, 15) is 9.18 Å². The molecule has 1 aromatic carbocycles. The summed E-state index contributed by atoms with van der Waals surface area (Å²) in [7, 11) is 0. The number of alkyl halides is 2. The van der Waals surface area contributed by atoms with Crippen LogP contribution in [0.3, 0.4) is 0 Å². The number of benzene rings is 1. The Morgan fingerprint density at radius 2 is 2.04 bits per heavy atom. The molecule has 3 rings (SSSR count). The smallest absolute Gasteiger partial charge is 0.343 e. The third kappa shape index (κ3) is 3.32. The van der Waals surface area contributed by atoms with Crippen LogP contribution in [0.5, 0.6) is 0 Å². The van der Waals surface area contributed by atoms with Gasteiger partial charge in [-0.3, -0.25) is 0 Å². The van der Waals surface area contributed by atoms with Gasteiger partial charge in [-0.25, -0.2) is 13.9 Å². The summed E-state index contributed by atoms with van der Waals surface area (Å²) >= 11 is 18.0. The highest BCUT2D eigenvalue weighted by molar-refractivity contribution is 6.50. The summed E-state index contributed by atoms with van der Waals surface area (Å²) in [5, 5.41) is 4.32. The predicted octanol–water partition coefficient (Wildman–Crippen LogP) is 4.32. The van der Waals surface area contributed by atoms with Gasteiger partial charge in [0.05, 0.1) is 18.0 Å². The van der Waals surface area contributed by atoms with Crippen molar-refractivity contribution in [1.29, 1.82) is 0 Å². The summed E-state index contributed by atoms with van der Waals surface area (Å²) in [5.74, 6) is -1.03. The maximum atomic E-state index is 13.0. The Kier molecular flexibility index (Phi) is 4.29. The summed E-state index contributed by atoms with van der Waals surface area (Å²) in [6.45, 7) is 1.77. The minimum absolute atomic E-state index is 0.0685. The molecule has 4 nitrogen and oxygen atoms in total. The fraction of sp³-hybridized carbons (Fsp3) is 0.333. The molecule has 2 aromatic rings. The second-order valence-electron chi connectivity index (χ2n) is 5.40. The van der Waals surface area contributed by atoms with E-state index in [0.717, 1.165) is 0 Å². The molecule has 0 radical (unpaired) electrons. The van der Waals surface area contributed by atoms with Crippen LogP contribution >= 0.6 is 34.8 Å². The van der Waals surface area contributed by atoms with Crippen LogP contribution < -0.4 is 0 Å². The molecule has 8 heteroatoms. The third-order valence-corrected chi connectivity index (χ3v) is 4.93. The van der Waals surface area contributed by atoms with Gasteiger partial charge >= 0.3 is 5.97 Å². The monoisotopic (exact) mass is 376 g/mol. The topological polar surface area (TPSA) is 44.1 Å². The SMILES string of the molecule is Cc1nn(-c2ccc(F)cc2)c(Cl)c1C(=O)OC[C@H]1CC1(Cl)Cl. The fourth-order valence-electron chi connectivity index (χ4n) is 2.18. The van der Waals surface area contributed by atoms with Gasteiger partial charge in [0, 0.05) is 5.92 Å². The quantitative estimate of drug-likeness (QED) is 0.588.